The van der Waals surface area contributed by atoms with Crippen LogP contribution in [-0.4, -0.2) is 164 Å². The summed E-state index contributed by atoms with van der Waals surface area (Å²) in [5, 5.41) is 67.4. The molecule has 1 aliphatic heterocycles. The first-order chi connectivity index (χ1) is 32.9. The van der Waals surface area contributed by atoms with E-state index in [4.69, 9.17) is 11.5 Å². The van der Waals surface area contributed by atoms with Gasteiger partial charge in [-0.2, -0.15) is 0 Å². The number of halogens is 1. The van der Waals surface area contributed by atoms with Crippen molar-refractivity contribution in [3.05, 3.63) is 47.8 Å². The topological polar surface area (TPSA) is 397 Å². The third-order valence-electron chi connectivity index (χ3n) is 11.6. The molecule has 26 heteroatoms. The molecule has 15 N–H and O–H groups in total. The summed E-state index contributed by atoms with van der Waals surface area (Å²) in [6.45, 7) is 0.435. The largest absolute Gasteiger partial charge is 0.481 e. The quantitative estimate of drug-likeness (QED) is 0.0319. The summed E-state index contributed by atoms with van der Waals surface area (Å²) >= 11 is 0. The zero-order valence-electron chi connectivity index (χ0n) is 38.2. The number of carbonyl (C=O) groups is 8. The van der Waals surface area contributed by atoms with E-state index in [0.29, 0.717) is 17.7 Å². The standard InChI is InChI=1S/C43H64FN13O12/c1-23-37(64)53-31(19-33(59)60)42(69)54-30(17-24-9-3-2-4-10-24)41(68)52-28(40(67)51-29(39(66)50-23)13-8-16-48-43(45)46)12-5-6-15-47-38(65)27-18-25(34(61)36(63)35(27)62)20-49-32(58)22-57-21-26(55-56-57)11-7-14-44/h2-4,9-10,21,23,25,27-31,34-36,61-63H,5-8,11-20,22H2,1H3,(H,47,65)(H,49,58)(H,50,66)(H,51,67)(H,52,68)(H,53,64)(H,54,69)(H,59,60)(H4,45,46,48)/t23-,25+,27?,28-,29-,30+,31-,34-,35+,36?/m0/s1/i44-1. The number of alkyl halides is 1. The molecule has 0 spiro atoms. The number of nitrogens with two attached hydrogens (primary N) is 2. The fraction of sp³-hybridized carbons (Fsp3) is 0.605. The molecule has 7 amide bonds. The van der Waals surface area contributed by atoms with Gasteiger partial charge in [0.25, 0.3) is 0 Å². The molecule has 1 saturated carbocycles. The highest BCUT2D eigenvalue weighted by Gasteiger charge is 2.45. The number of rotatable bonds is 21. The van der Waals surface area contributed by atoms with Crippen molar-refractivity contribution in [3.8, 4) is 0 Å². The first-order valence-corrected chi connectivity index (χ1v) is 22.7. The van der Waals surface area contributed by atoms with Crippen molar-refractivity contribution in [2.75, 3.05) is 26.3 Å². The molecule has 1 aromatic carbocycles. The van der Waals surface area contributed by atoms with Crippen LogP contribution in [0, 0.1) is 11.8 Å². The number of hydrogen-bond acceptors (Lipinski definition) is 14. The third-order valence-corrected chi connectivity index (χ3v) is 11.6. The second-order valence-corrected chi connectivity index (χ2v) is 17.1. The number of aromatic nitrogens is 3. The van der Waals surface area contributed by atoms with E-state index in [9.17, 15) is 63.2 Å². The normalized spacial score (nSPS) is 25.8. The second kappa shape index (κ2) is 27.3. The fourth-order valence-corrected chi connectivity index (χ4v) is 7.81. The van der Waals surface area contributed by atoms with Crippen LogP contribution in [0.25, 0.3) is 0 Å². The molecule has 1 saturated heterocycles. The minimum absolute atomic E-state index is 0.0119. The predicted molar refractivity (Wildman–Crippen MR) is 241 cm³/mol. The average molecular weight is 973 g/mol. The van der Waals surface area contributed by atoms with Gasteiger partial charge in [-0.05, 0) is 63.9 Å². The van der Waals surface area contributed by atoms with Crippen molar-refractivity contribution in [3.63, 3.8) is 0 Å². The van der Waals surface area contributed by atoms with Crippen LogP contribution in [0.15, 0.2) is 41.5 Å². The number of nitrogens with zero attached hydrogens (tertiary/aromatic N) is 4. The number of amides is 7. The molecule has 0 bridgehead atoms. The number of aliphatic carboxylic acids is 1. The van der Waals surface area contributed by atoms with E-state index < -0.39 is 121 Å². The maximum absolute atomic E-state index is 14.1. The number of aryl methyl sites for hydroxylation is 1. The van der Waals surface area contributed by atoms with Gasteiger partial charge in [-0.15, -0.1) is 5.10 Å². The number of carbonyl (C=O) groups excluding carboxylic acids is 7. The number of aliphatic imine (C=N–C) groups is 1. The average Bonchev–Trinajstić information content (AvgIpc) is 3.75. The molecule has 2 aliphatic rings. The molecular weight excluding hydrogens is 909 g/mol. The highest BCUT2D eigenvalue weighted by Crippen LogP contribution is 2.30. The monoisotopic (exact) mass is 972 g/mol. The van der Waals surface area contributed by atoms with Crippen molar-refractivity contribution in [2.45, 2.75) is 126 Å². The summed E-state index contributed by atoms with van der Waals surface area (Å²) in [5.74, 6) is -9.28. The van der Waals surface area contributed by atoms with Gasteiger partial charge in [-0.3, -0.25) is 47.7 Å². The lowest BCUT2D eigenvalue weighted by atomic mass is 9.75. The van der Waals surface area contributed by atoms with Crippen LogP contribution in [0.4, 0.5) is 4.39 Å². The SMILES string of the molecule is C[C@@H]1NC(=O)[C@H](CCCN=C(N)N)NC(=O)[C@H](CCCCNC(=O)C2C[C@H](CNC(=O)Cn3cc(CCC[18F])nn3)[C@H](O)C(O)[C@@H]2O)NC(=O)[C@@H](Cc2ccccc2)NC(=O)[C@H](CC(=O)O)NC1=O. The number of carboxylic acids is 1. The smallest absolute Gasteiger partial charge is 0.305 e. The van der Waals surface area contributed by atoms with Crippen molar-refractivity contribution in [2.24, 2.45) is 28.3 Å². The zero-order chi connectivity index (χ0) is 50.6. The van der Waals surface area contributed by atoms with Gasteiger partial charge in [0.1, 0.15) is 42.9 Å². The van der Waals surface area contributed by atoms with E-state index in [2.05, 4.69) is 52.5 Å². The van der Waals surface area contributed by atoms with E-state index in [1.807, 2.05) is 0 Å². The first kappa shape index (κ1) is 54.8. The number of guanidine groups is 1. The maximum Gasteiger partial charge on any atom is 0.305 e. The summed E-state index contributed by atoms with van der Waals surface area (Å²) in [6, 6.07) is 1.44. The molecule has 1 aliphatic carbocycles. The molecule has 25 nitrogen and oxygen atoms in total. The van der Waals surface area contributed by atoms with Gasteiger partial charge >= 0.3 is 5.97 Å². The molecule has 2 unspecified atom stereocenters. The third kappa shape index (κ3) is 17.7. The summed E-state index contributed by atoms with van der Waals surface area (Å²) in [4.78, 5) is 110. The summed E-state index contributed by atoms with van der Waals surface area (Å²) in [6.07, 6.45) is -3.41. The maximum atomic E-state index is 14.1. The zero-order valence-corrected chi connectivity index (χ0v) is 38.2. The molecule has 2 fully saturated rings. The minimum atomic E-state index is -1.72. The number of carboxylic acid groups (broad SMARTS) is 1. The number of aliphatic hydroxyl groups excluding tert-OH is 3. The molecule has 2 heterocycles. The van der Waals surface area contributed by atoms with Crippen molar-refractivity contribution in [1.29, 1.82) is 0 Å². The fourth-order valence-electron chi connectivity index (χ4n) is 7.81. The van der Waals surface area contributed by atoms with Gasteiger partial charge in [0.15, 0.2) is 5.96 Å². The molecule has 380 valence electrons. The lowest BCUT2D eigenvalue weighted by molar-refractivity contribution is -0.155. The van der Waals surface area contributed by atoms with E-state index >= 15 is 0 Å². The van der Waals surface area contributed by atoms with Crippen LogP contribution >= 0.6 is 0 Å². The Hall–Kier alpha value is -6.80. The van der Waals surface area contributed by atoms with Crippen LogP contribution in [0.5, 0.6) is 0 Å². The van der Waals surface area contributed by atoms with E-state index in [1.165, 1.54) is 17.8 Å². The Bertz CT molecular complexity index is 2110. The summed E-state index contributed by atoms with van der Waals surface area (Å²) in [7, 11) is 0. The Kier molecular flexibility index (Phi) is 21.7. The van der Waals surface area contributed by atoms with E-state index in [-0.39, 0.29) is 83.5 Å². The molecule has 0 radical (unpaired) electrons. The van der Waals surface area contributed by atoms with Crippen molar-refractivity contribution < 1.29 is 63.2 Å². The van der Waals surface area contributed by atoms with Crippen LogP contribution in [0.2, 0.25) is 0 Å². The van der Waals surface area contributed by atoms with Gasteiger partial charge < -0.3 is 69.1 Å². The molecule has 1 aromatic heterocycles. The second-order valence-electron chi connectivity index (χ2n) is 17.1. The number of benzene rings is 1. The summed E-state index contributed by atoms with van der Waals surface area (Å²) in [5.41, 5.74) is 12.0. The molecule has 2 aromatic rings. The number of hydrogen-bond donors (Lipinski definition) is 13. The highest BCUT2D eigenvalue weighted by atomic mass is 18.2. The summed E-state index contributed by atoms with van der Waals surface area (Å²) < 4.78 is 13.8. The number of nitrogens with one attached hydrogen (secondary N) is 7. The van der Waals surface area contributed by atoms with E-state index in [0.717, 1.165) is 0 Å². The molecule has 10 atom stereocenters. The Morgan fingerprint density at radius 2 is 1.42 bits per heavy atom. The first-order valence-electron chi connectivity index (χ1n) is 22.7. The van der Waals surface area contributed by atoms with Gasteiger partial charge in [0.2, 0.25) is 41.4 Å². The van der Waals surface area contributed by atoms with Crippen LogP contribution in [0.1, 0.15) is 69.5 Å². The Morgan fingerprint density at radius 3 is 2.09 bits per heavy atom. The Labute approximate surface area is 396 Å². The number of aliphatic hydroxyl groups is 3. The minimum Gasteiger partial charge on any atom is -0.481 e. The van der Waals surface area contributed by atoms with Gasteiger partial charge in [-0.1, -0.05) is 35.5 Å². The predicted octanol–water partition coefficient (Wildman–Crippen LogP) is -4.47. The van der Waals surface area contributed by atoms with Crippen LogP contribution in [-0.2, 0) is 57.7 Å². The van der Waals surface area contributed by atoms with Crippen molar-refractivity contribution >= 4 is 53.3 Å². The van der Waals surface area contributed by atoms with Crippen LogP contribution < -0.4 is 48.7 Å². The molecular formula is C43H64FN13O12. The Balaban J connectivity index is 1.46. The molecule has 69 heavy (non-hydrogen) atoms. The van der Waals surface area contributed by atoms with Gasteiger partial charge in [0, 0.05) is 38.2 Å². The Morgan fingerprint density at radius 1 is 0.797 bits per heavy atom. The van der Waals surface area contributed by atoms with Crippen molar-refractivity contribution in [1.82, 2.24) is 52.2 Å². The van der Waals surface area contributed by atoms with Gasteiger partial charge in [-0.25, -0.2) is 4.68 Å². The highest BCUT2D eigenvalue weighted by molar-refractivity contribution is 5.98. The van der Waals surface area contributed by atoms with E-state index in [1.54, 1.807) is 30.3 Å². The lowest BCUT2D eigenvalue weighted by Crippen LogP contribution is -2.58. The molecule has 4 rings (SSSR count). The lowest BCUT2D eigenvalue weighted by Gasteiger charge is -2.39. The number of unbranched alkanes of at least 4 members (excludes halogenated alkanes) is 1. The van der Waals surface area contributed by atoms with Crippen LogP contribution in [0.3, 0.4) is 0 Å². The van der Waals surface area contributed by atoms with Gasteiger partial charge in [0.05, 0.1) is 36.9 Å².